The lowest BCUT2D eigenvalue weighted by atomic mass is 10.0. The molecular weight excluding hydrogens is 264 g/mol. The van der Waals surface area contributed by atoms with Crippen molar-refractivity contribution >= 4 is 15.9 Å². The highest BCUT2D eigenvalue weighted by Gasteiger charge is 2.16. The molecule has 1 unspecified atom stereocenters. The van der Waals surface area contributed by atoms with Gasteiger partial charge in [-0.15, -0.1) is 0 Å². The van der Waals surface area contributed by atoms with Gasteiger partial charge in [0.1, 0.15) is 0 Å². The predicted octanol–water partition coefficient (Wildman–Crippen LogP) is 3.57. The molecule has 2 nitrogen and oxygen atoms in total. The van der Waals surface area contributed by atoms with Crippen LogP contribution in [0.1, 0.15) is 44.0 Å². The van der Waals surface area contributed by atoms with Crippen molar-refractivity contribution < 1.29 is 0 Å². The molecule has 0 saturated heterocycles. The molecule has 0 spiro atoms. The number of rotatable bonds is 5. The van der Waals surface area contributed by atoms with E-state index in [9.17, 15) is 0 Å². The van der Waals surface area contributed by atoms with E-state index in [0.717, 1.165) is 17.8 Å². The Morgan fingerprint density at radius 1 is 1.44 bits per heavy atom. The zero-order valence-corrected chi connectivity index (χ0v) is 11.7. The zero-order valence-electron chi connectivity index (χ0n) is 10.1. The second-order valence-corrected chi connectivity index (χ2v) is 5.45. The standard InChI is InChI=1S/C13H21BrN2/c1-2-5-11(8-14)9-16-10-15-12-6-3-4-7-13(12)16/h10-11H,2-9H2,1H3. The van der Waals surface area contributed by atoms with Crippen LogP contribution in [-0.4, -0.2) is 14.9 Å². The van der Waals surface area contributed by atoms with Crippen LogP contribution in [0.4, 0.5) is 0 Å². The fourth-order valence-electron chi connectivity index (χ4n) is 2.59. The minimum Gasteiger partial charge on any atom is -0.334 e. The van der Waals surface area contributed by atoms with Gasteiger partial charge in [-0.2, -0.15) is 0 Å². The average molecular weight is 285 g/mol. The third kappa shape index (κ3) is 2.68. The molecule has 3 heteroatoms. The van der Waals surface area contributed by atoms with Crippen LogP contribution in [-0.2, 0) is 19.4 Å². The molecular formula is C13H21BrN2. The maximum atomic E-state index is 4.55. The second-order valence-electron chi connectivity index (χ2n) is 4.81. The van der Waals surface area contributed by atoms with Crippen molar-refractivity contribution in [2.45, 2.75) is 52.0 Å². The van der Waals surface area contributed by atoms with E-state index in [-0.39, 0.29) is 0 Å². The molecule has 0 saturated carbocycles. The number of fused-ring (bicyclic) bond motifs is 1. The molecule has 0 fully saturated rings. The normalized spacial score (nSPS) is 17.1. The highest BCUT2D eigenvalue weighted by Crippen LogP contribution is 2.22. The molecule has 0 aromatic carbocycles. The van der Waals surface area contributed by atoms with Gasteiger partial charge < -0.3 is 4.57 Å². The van der Waals surface area contributed by atoms with Crippen LogP contribution in [0, 0.1) is 5.92 Å². The number of aromatic nitrogens is 2. The molecule has 1 aliphatic rings. The van der Waals surface area contributed by atoms with E-state index in [4.69, 9.17) is 0 Å². The van der Waals surface area contributed by atoms with Gasteiger partial charge in [-0.25, -0.2) is 4.98 Å². The van der Waals surface area contributed by atoms with E-state index in [1.54, 1.807) is 0 Å². The lowest BCUT2D eigenvalue weighted by Crippen LogP contribution is -2.15. The maximum Gasteiger partial charge on any atom is 0.0951 e. The molecule has 0 bridgehead atoms. The lowest BCUT2D eigenvalue weighted by Gasteiger charge is -2.18. The quantitative estimate of drug-likeness (QED) is 0.756. The fraction of sp³-hybridized carbons (Fsp3) is 0.769. The Morgan fingerprint density at radius 2 is 2.25 bits per heavy atom. The Morgan fingerprint density at radius 3 is 3.00 bits per heavy atom. The lowest BCUT2D eigenvalue weighted by molar-refractivity contribution is 0.442. The molecule has 90 valence electrons. The topological polar surface area (TPSA) is 17.8 Å². The van der Waals surface area contributed by atoms with E-state index in [0.29, 0.717) is 0 Å². The van der Waals surface area contributed by atoms with Crippen molar-refractivity contribution in [1.29, 1.82) is 0 Å². The average Bonchev–Trinajstić information content (AvgIpc) is 2.72. The maximum absolute atomic E-state index is 4.55. The number of hydrogen-bond donors (Lipinski definition) is 0. The van der Waals surface area contributed by atoms with Crippen LogP contribution in [0.5, 0.6) is 0 Å². The molecule has 0 N–H and O–H groups in total. The number of imidazole rings is 1. The van der Waals surface area contributed by atoms with Gasteiger partial charge in [-0.05, 0) is 38.0 Å². The SMILES string of the molecule is CCCC(CBr)Cn1cnc2c1CCCC2. The summed E-state index contributed by atoms with van der Waals surface area (Å²) in [5.74, 6) is 0.755. The van der Waals surface area contributed by atoms with E-state index in [2.05, 4.69) is 38.7 Å². The van der Waals surface area contributed by atoms with Crippen molar-refractivity contribution in [3.05, 3.63) is 17.7 Å². The first-order chi connectivity index (χ1) is 7.85. The van der Waals surface area contributed by atoms with Gasteiger partial charge in [0.2, 0.25) is 0 Å². The molecule has 1 aliphatic carbocycles. The minimum absolute atomic E-state index is 0.755. The first kappa shape index (κ1) is 12.2. The molecule has 0 radical (unpaired) electrons. The van der Waals surface area contributed by atoms with E-state index >= 15 is 0 Å². The Labute approximate surface area is 107 Å². The van der Waals surface area contributed by atoms with E-state index in [1.807, 2.05) is 0 Å². The van der Waals surface area contributed by atoms with Gasteiger partial charge in [-0.3, -0.25) is 0 Å². The molecule has 1 aromatic rings. The number of hydrogen-bond acceptors (Lipinski definition) is 1. The Hall–Kier alpha value is -0.310. The van der Waals surface area contributed by atoms with Crippen LogP contribution < -0.4 is 0 Å². The molecule has 1 aromatic heterocycles. The molecule has 0 aliphatic heterocycles. The number of alkyl halides is 1. The van der Waals surface area contributed by atoms with Crippen molar-refractivity contribution in [2.24, 2.45) is 5.92 Å². The van der Waals surface area contributed by atoms with Gasteiger partial charge in [0, 0.05) is 17.6 Å². The first-order valence-corrected chi connectivity index (χ1v) is 7.56. The van der Waals surface area contributed by atoms with Gasteiger partial charge in [-0.1, -0.05) is 29.3 Å². The molecule has 1 atom stereocenters. The van der Waals surface area contributed by atoms with Gasteiger partial charge in [0.25, 0.3) is 0 Å². The van der Waals surface area contributed by atoms with Crippen LogP contribution in [0.3, 0.4) is 0 Å². The summed E-state index contributed by atoms with van der Waals surface area (Å²) >= 11 is 3.62. The minimum atomic E-state index is 0.755. The number of nitrogens with zero attached hydrogens (tertiary/aromatic N) is 2. The van der Waals surface area contributed by atoms with Crippen LogP contribution >= 0.6 is 15.9 Å². The number of halogens is 1. The van der Waals surface area contributed by atoms with Crippen molar-refractivity contribution in [2.75, 3.05) is 5.33 Å². The third-order valence-corrected chi connectivity index (χ3v) is 4.40. The highest BCUT2D eigenvalue weighted by atomic mass is 79.9. The molecule has 2 rings (SSSR count). The summed E-state index contributed by atoms with van der Waals surface area (Å²) in [6.45, 7) is 3.40. The zero-order chi connectivity index (χ0) is 11.4. The summed E-state index contributed by atoms with van der Waals surface area (Å²) in [5, 5.41) is 1.10. The van der Waals surface area contributed by atoms with E-state index in [1.165, 1.54) is 49.9 Å². The molecule has 16 heavy (non-hydrogen) atoms. The first-order valence-electron chi connectivity index (χ1n) is 6.44. The molecule has 1 heterocycles. The summed E-state index contributed by atoms with van der Waals surface area (Å²) in [7, 11) is 0. The number of aryl methyl sites for hydroxylation is 1. The summed E-state index contributed by atoms with van der Waals surface area (Å²) in [4.78, 5) is 4.55. The Kier molecular flexibility index (Phi) is 4.45. The predicted molar refractivity (Wildman–Crippen MR) is 71.1 cm³/mol. The van der Waals surface area contributed by atoms with Crippen LogP contribution in [0.15, 0.2) is 6.33 Å². The van der Waals surface area contributed by atoms with Gasteiger partial charge in [0.05, 0.1) is 12.0 Å². The third-order valence-electron chi connectivity index (χ3n) is 3.48. The Bertz CT molecular complexity index is 333. The highest BCUT2D eigenvalue weighted by molar-refractivity contribution is 9.09. The Balaban J connectivity index is 2.05. The summed E-state index contributed by atoms with van der Waals surface area (Å²) in [6, 6.07) is 0. The second kappa shape index (κ2) is 5.85. The van der Waals surface area contributed by atoms with Crippen LogP contribution in [0.2, 0.25) is 0 Å². The van der Waals surface area contributed by atoms with Gasteiger partial charge >= 0.3 is 0 Å². The van der Waals surface area contributed by atoms with E-state index < -0.39 is 0 Å². The van der Waals surface area contributed by atoms with Gasteiger partial charge in [0.15, 0.2) is 0 Å². The van der Waals surface area contributed by atoms with Crippen LogP contribution in [0.25, 0.3) is 0 Å². The summed E-state index contributed by atoms with van der Waals surface area (Å²) in [5.41, 5.74) is 2.87. The molecule has 0 amide bonds. The fourth-order valence-corrected chi connectivity index (χ4v) is 3.12. The smallest absolute Gasteiger partial charge is 0.0951 e. The van der Waals surface area contributed by atoms with Crippen molar-refractivity contribution in [3.63, 3.8) is 0 Å². The monoisotopic (exact) mass is 284 g/mol. The summed E-state index contributed by atoms with van der Waals surface area (Å²) < 4.78 is 2.40. The summed E-state index contributed by atoms with van der Waals surface area (Å²) in [6.07, 6.45) is 9.71. The van der Waals surface area contributed by atoms with Crippen molar-refractivity contribution in [3.8, 4) is 0 Å². The largest absolute Gasteiger partial charge is 0.334 e. The van der Waals surface area contributed by atoms with Crippen molar-refractivity contribution in [1.82, 2.24) is 9.55 Å².